The lowest BCUT2D eigenvalue weighted by Crippen LogP contribution is -2.38. The van der Waals surface area contributed by atoms with Crippen LogP contribution in [0.4, 0.5) is 11.4 Å². The van der Waals surface area contributed by atoms with Gasteiger partial charge in [0.15, 0.2) is 0 Å². The van der Waals surface area contributed by atoms with Gasteiger partial charge >= 0.3 is 0 Å². The van der Waals surface area contributed by atoms with Gasteiger partial charge in [-0.3, -0.25) is 10.1 Å². The Labute approximate surface area is 99.8 Å². The third-order valence-electron chi connectivity index (χ3n) is 3.15. The van der Waals surface area contributed by atoms with Crippen molar-refractivity contribution in [3.8, 4) is 0 Å². The average Bonchev–Trinajstić information content (AvgIpc) is 2.29. The Morgan fingerprint density at radius 3 is 2.94 bits per heavy atom. The van der Waals surface area contributed by atoms with Crippen LogP contribution in [0.1, 0.15) is 18.4 Å². The van der Waals surface area contributed by atoms with Crippen molar-refractivity contribution >= 4 is 11.4 Å². The standard InChI is InChI=1S/C12H16N2O3/c1-9-4-5-10(7-12(9)14(16)17)13-6-2-3-11(15)8-13/h4-5,7,11,15H,2-3,6,8H2,1H3. The molecule has 0 amide bonds. The van der Waals surface area contributed by atoms with Gasteiger partial charge in [-0.25, -0.2) is 0 Å². The van der Waals surface area contributed by atoms with Gasteiger partial charge in [0.1, 0.15) is 0 Å². The predicted octanol–water partition coefficient (Wildman–Crippen LogP) is 1.86. The minimum absolute atomic E-state index is 0.141. The van der Waals surface area contributed by atoms with Gasteiger partial charge in [0.05, 0.1) is 11.0 Å². The maximum Gasteiger partial charge on any atom is 0.274 e. The van der Waals surface area contributed by atoms with E-state index in [1.165, 1.54) is 0 Å². The molecule has 1 aromatic rings. The summed E-state index contributed by atoms with van der Waals surface area (Å²) in [5, 5.41) is 20.5. The molecule has 5 heteroatoms. The lowest BCUT2D eigenvalue weighted by atomic mass is 10.1. The van der Waals surface area contributed by atoms with E-state index in [4.69, 9.17) is 0 Å². The highest BCUT2D eigenvalue weighted by molar-refractivity contribution is 5.56. The van der Waals surface area contributed by atoms with Crippen molar-refractivity contribution < 1.29 is 10.0 Å². The molecule has 1 aliphatic heterocycles. The normalized spacial score (nSPS) is 20.4. The molecule has 1 fully saturated rings. The highest BCUT2D eigenvalue weighted by atomic mass is 16.6. The van der Waals surface area contributed by atoms with Crippen LogP contribution in [0, 0.1) is 17.0 Å². The Bertz CT molecular complexity index is 434. The highest BCUT2D eigenvalue weighted by Crippen LogP contribution is 2.27. The zero-order valence-corrected chi connectivity index (χ0v) is 9.80. The van der Waals surface area contributed by atoms with Crippen LogP contribution in [0.2, 0.25) is 0 Å². The number of β-amino-alcohol motifs (C(OH)–C–C–N with tert-alkyl or cyclic N) is 1. The van der Waals surface area contributed by atoms with Crippen LogP contribution < -0.4 is 4.90 Å². The second-order valence-corrected chi connectivity index (χ2v) is 4.47. The molecule has 0 aromatic heterocycles. The number of benzene rings is 1. The second-order valence-electron chi connectivity index (χ2n) is 4.47. The van der Waals surface area contributed by atoms with Crippen LogP contribution in [-0.2, 0) is 0 Å². The zero-order valence-electron chi connectivity index (χ0n) is 9.80. The number of rotatable bonds is 2. The Morgan fingerprint density at radius 2 is 2.29 bits per heavy atom. The molecule has 0 aliphatic carbocycles. The number of nitro groups is 1. The van der Waals surface area contributed by atoms with E-state index < -0.39 is 0 Å². The molecule has 0 saturated carbocycles. The molecule has 1 aromatic carbocycles. The van der Waals surface area contributed by atoms with E-state index in [2.05, 4.69) is 0 Å². The number of nitrogens with zero attached hydrogens (tertiary/aromatic N) is 2. The molecule has 2 rings (SSSR count). The quantitative estimate of drug-likeness (QED) is 0.628. The summed E-state index contributed by atoms with van der Waals surface area (Å²) in [4.78, 5) is 12.5. The van der Waals surface area contributed by atoms with Crippen molar-refractivity contribution in [2.45, 2.75) is 25.9 Å². The third-order valence-corrected chi connectivity index (χ3v) is 3.15. The number of piperidine rings is 1. The smallest absolute Gasteiger partial charge is 0.274 e. The van der Waals surface area contributed by atoms with Gasteiger partial charge in [0, 0.05) is 30.4 Å². The topological polar surface area (TPSA) is 66.6 Å². The molecule has 0 radical (unpaired) electrons. The Hall–Kier alpha value is -1.62. The zero-order chi connectivity index (χ0) is 12.4. The fraction of sp³-hybridized carbons (Fsp3) is 0.500. The summed E-state index contributed by atoms with van der Waals surface area (Å²) in [5.41, 5.74) is 1.62. The summed E-state index contributed by atoms with van der Waals surface area (Å²) in [7, 11) is 0. The van der Waals surface area contributed by atoms with Crippen molar-refractivity contribution in [1.82, 2.24) is 0 Å². The van der Waals surface area contributed by atoms with Crippen LogP contribution in [0.25, 0.3) is 0 Å². The molecule has 17 heavy (non-hydrogen) atoms. The molecule has 1 saturated heterocycles. The van der Waals surface area contributed by atoms with Gasteiger partial charge in [0.25, 0.3) is 5.69 Å². The van der Waals surface area contributed by atoms with Crippen molar-refractivity contribution in [3.05, 3.63) is 33.9 Å². The number of aliphatic hydroxyl groups is 1. The Morgan fingerprint density at radius 1 is 1.53 bits per heavy atom. The summed E-state index contributed by atoms with van der Waals surface area (Å²) in [6.07, 6.45) is 1.40. The van der Waals surface area contributed by atoms with E-state index in [1.54, 1.807) is 19.1 Å². The second kappa shape index (κ2) is 4.71. The third kappa shape index (κ3) is 2.55. The Kier molecular flexibility index (Phi) is 3.28. The lowest BCUT2D eigenvalue weighted by molar-refractivity contribution is -0.385. The van der Waals surface area contributed by atoms with E-state index in [0.717, 1.165) is 25.1 Å². The molecule has 1 aliphatic rings. The number of nitro benzene ring substituents is 1. The molecule has 1 N–H and O–H groups in total. The van der Waals surface area contributed by atoms with Crippen LogP contribution >= 0.6 is 0 Å². The number of aliphatic hydroxyl groups excluding tert-OH is 1. The molecule has 92 valence electrons. The van der Waals surface area contributed by atoms with Crippen LogP contribution in [0.15, 0.2) is 18.2 Å². The van der Waals surface area contributed by atoms with E-state index >= 15 is 0 Å². The van der Waals surface area contributed by atoms with Gasteiger partial charge in [-0.1, -0.05) is 6.07 Å². The largest absolute Gasteiger partial charge is 0.391 e. The summed E-state index contributed by atoms with van der Waals surface area (Å²) in [6.45, 7) is 3.13. The molecule has 5 nitrogen and oxygen atoms in total. The number of anilines is 1. The van der Waals surface area contributed by atoms with Crippen LogP contribution in [0.3, 0.4) is 0 Å². The number of hydrogen-bond donors (Lipinski definition) is 1. The summed E-state index contributed by atoms with van der Waals surface area (Å²) >= 11 is 0. The van der Waals surface area contributed by atoms with Gasteiger partial charge in [-0.05, 0) is 25.8 Å². The monoisotopic (exact) mass is 236 g/mol. The minimum Gasteiger partial charge on any atom is -0.391 e. The van der Waals surface area contributed by atoms with Gasteiger partial charge in [-0.15, -0.1) is 0 Å². The molecule has 0 bridgehead atoms. The maximum atomic E-state index is 10.9. The molecular weight excluding hydrogens is 220 g/mol. The first-order valence-corrected chi connectivity index (χ1v) is 5.76. The van der Waals surface area contributed by atoms with Crippen molar-refractivity contribution in [2.75, 3.05) is 18.0 Å². The van der Waals surface area contributed by atoms with Crippen LogP contribution in [0.5, 0.6) is 0 Å². The molecule has 1 atom stereocenters. The predicted molar refractivity (Wildman–Crippen MR) is 65.3 cm³/mol. The van der Waals surface area contributed by atoms with Crippen molar-refractivity contribution in [2.24, 2.45) is 0 Å². The van der Waals surface area contributed by atoms with E-state index in [9.17, 15) is 15.2 Å². The Balaban J connectivity index is 2.26. The summed E-state index contributed by atoms with van der Waals surface area (Å²) in [6, 6.07) is 5.22. The van der Waals surface area contributed by atoms with E-state index in [1.807, 2.05) is 11.0 Å². The van der Waals surface area contributed by atoms with Crippen LogP contribution in [-0.4, -0.2) is 29.2 Å². The highest BCUT2D eigenvalue weighted by Gasteiger charge is 2.20. The molecule has 1 unspecified atom stereocenters. The number of aryl methyl sites for hydroxylation is 1. The lowest BCUT2D eigenvalue weighted by Gasteiger charge is -2.31. The molecular formula is C12H16N2O3. The summed E-state index contributed by atoms with van der Waals surface area (Å²) < 4.78 is 0. The maximum absolute atomic E-state index is 10.9. The fourth-order valence-electron chi connectivity index (χ4n) is 2.18. The van der Waals surface area contributed by atoms with Gasteiger partial charge in [-0.2, -0.15) is 0 Å². The first kappa shape index (κ1) is 11.9. The number of hydrogen-bond acceptors (Lipinski definition) is 4. The van der Waals surface area contributed by atoms with Gasteiger partial charge in [0.2, 0.25) is 0 Å². The summed E-state index contributed by atoms with van der Waals surface area (Å²) in [5.74, 6) is 0. The average molecular weight is 236 g/mol. The first-order chi connectivity index (χ1) is 8.08. The molecule has 1 heterocycles. The van der Waals surface area contributed by atoms with Gasteiger partial charge < -0.3 is 10.0 Å². The SMILES string of the molecule is Cc1ccc(N2CCCC(O)C2)cc1[N+](=O)[O-]. The fourth-order valence-corrected chi connectivity index (χ4v) is 2.18. The van der Waals surface area contributed by atoms with E-state index in [-0.39, 0.29) is 16.7 Å². The molecule has 0 spiro atoms. The van der Waals surface area contributed by atoms with Crippen molar-refractivity contribution in [1.29, 1.82) is 0 Å². The van der Waals surface area contributed by atoms with Crippen molar-refractivity contribution in [3.63, 3.8) is 0 Å². The van der Waals surface area contributed by atoms with E-state index in [0.29, 0.717) is 12.1 Å². The first-order valence-electron chi connectivity index (χ1n) is 5.76. The minimum atomic E-state index is -0.362.